The van der Waals surface area contributed by atoms with Crippen LogP contribution in [0.1, 0.15) is 56.6 Å². The zero-order valence-electron chi connectivity index (χ0n) is 23.9. The Labute approximate surface area is 235 Å². The smallest absolute Gasteiger partial charge is 0.331 e. The number of nitrogens with one attached hydrogen (secondary N) is 1. The van der Waals surface area contributed by atoms with Gasteiger partial charge in [0.25, 0.3) is 5.91 Å². The number of nitrogens with zero attached hydrogens (tertiary/aromatic N) is 1. The number of hydrogen-bond acceptors (Lipinski definition) is 9. The Morgan fingerprint density at radius 3 is 2.58 bits per heavy atom. The standard InChI is InChI=1S/C30H40N2O8/c1-6-10-22-16-37-17-24(30(35)40-20(4)23(22)15-21-11-8-7-9-12-21)32-28(33)26-27(25(36-5)13-14-31-26)38-18-39-29(34)19(2)3/h7-9,11-14,19-20,22-24H,6,10,15-18H2,1-5H3,(H,32,33)/t20-,22-,23-,24-/m0/s1. The summed E-state index contributed by atoms with van der Waals surface area (Å²) in [6.45, 7) is 7.35. The second-order valence-corrected chi connectivity index (χ2v) is 10.2. The Hall–Kier alpha value is -3.66. The second kappa shape index (κ2) is 15.2. The summed E-state index contributed by atoms with van der Waals surface area (Å²) in [5.41, 5.74) is 1.03. The number of cyclic esters (lactones) is 1. The molecule has 0 aliphatic carbocycles. The van der Waals surface area contributed by atoms with Gasteiger partial charge in [0.1, 0.15) is 6.10 Å². The number of rotatable bonds is 11. The van der Waals surface area contributed by atoms with Crippen LogP contribution < -0.4 is 14.8 Å². The molecule has 1 amide bonds. The molecule has 1 aliphatic heterocycles. The van der Waals surface area contributed by atoms with Gasteiger partial charge < -0.3 is 29.0 Å². The fourth-order valence-electron chi connectivity index (χ4n) is 4.68. The second-order valence-electron chi connectivity index (χ2n) is 10.2. The maximum Gasteiger partial charge on any atom is 0.331 e. The predicted molar refractivity (Wildman–Crippen MR) is 147 cm³/mol. The number of esters is 2. The van der Waals surface area contributed by atoms with Crippen LogP contribution in [0, 0.1) is 17.8 Å². The van der Waals surface area contributed by atoms with Gasteiger partial charge in [-0.1, -0.05) is 57.5 Å². The zero-order chi connectivity index (χ0) is 29.1. The average molecular weight is 557 g/mol. The first-order valence-corrected chi connectivity index (χ1v) is 13.7. The van der Waals surface area contributed by atoms with E-state index in [0.29, 0.717) is 6.61 Å². The van der Waals surface area contributed by atoms with Crippen molar-refractivity contribution in [3.05, 3.63) is 53.9 Å². The van der Waals surface area contributed by atoms with Gasteiger partial charge in [-0.15, -0.1) is 0 Å². The minimum Gasteiger partial charge on any atom is -0.493 e. The van der Waals surface area contributed by atoms with E-state index in [0.717, 1.165) is 24.8 Å². The van der Waals surface area contributed by atoms with Crippen LogP contribution >= 0.6 is 0 Å². The van der Waals surface area contributed by atoms with Crippen LogP contribution in [-0.2, 0) is 30.2 Å². The largest absolute Gasteiger partial charge is 0.493 e. The highest BCUT2D eigenvalue weighted by Gasteiger charge is 2.35. The molecule has 10 heteroatoms. The minimum absolute atomic E-state index is 0.0179. The van der Waals surface area contributed by atoms with E-state index < -0.39 is 36.8 Å². The van der Waals surface area contributed by atoms with Crippen molar-refractivity contribution in [1.29, 1.82) is 0 Å². The Kier molecular flexibility index (Phi) is 11.7. The fraction of sp³-hybridized carbons (Fsp3) is 0.533. The summed E-state index contributed by atoms with van der Waals surface area (Å²) in [5, 5.41) is 2.68. The van der Waals surface area contributed by atoms with Crippen molar-refractivity contribution in [2.75, 3.05) is 27.1 Å². The lowest BCUT2D eigenvalue weighted by Gasteiger charge is -2.30. The van der Waals surface area contributed by atoms with Gasteiger partial charge >= 0.3 is 11.9 Å². The summed E-state index contributed by atoms with van der Waals surface area (Å²) >= 11 is 0. The molecule has 1 aromatic heterocycles. The zero-order valence-corrected chi connectivity index (χ0v) is 23.9. The van der Waals surface area contributed by atoms with Crippen molar-refractivity contribution >= 4 is 17.8 Å². The SMILES string of the molecule is CCC[C@H]1COC[C@H](NC(=O)c2nccc(OC)c2OCOC(=O)C(C)C)C(=O)O[C@@H](C)[C@@H]1Cc1ccccc1. The van der Waals surface area contributed by atoms with Gasteiger partial charge in [-0.3, -0.25) is 9.59 Å². The van der Waals surface area contributed by atoms with E-state index in [4.69, 9.17) is 23.7 Å². The Morgan fingerprint density at radius 1 is 1.15 bits per heavy atom. The van der Waals surface area contributed by atoms with Gasteiger partial charge in [0.15, 0.2) is 23.2 Å². The Balaban J connectivity index is 1.76. The molecular formula is C30H40N2O8. The number of hydrogen-bond donors (Lipinski definition) is 1. The number of ether oxygens (including phenoxy) is 5. The lowest BCUT2D eigenvalue weighted by molar-refractivity contribution is -0.155. The molecule has 2 aromatic rings. The third-order valence-corrected chi connectivity index (χ3v) is 6.87. The van der Waals surface area contributed by atoms with Gasteiger partial charge in [-0.05, 0) is 31.2 Å². The fourth-order valence-corrected chi connectivity index (χ4v) is 4.68. The van der Waals surface area contributed by atoms with Gasteiger partial charge in [-0.25, -0.2) is 9.78 Å². The minimum atomic E-state index is -1.06. The highest BCUT2D eigenvalue weighted by Crippen LogP contribution is 2.31. The summed E-state index contributed by atoms with van der Waals surface area (Å²) < 4.78 is 27.9. The van der Waals surface area contributed by atoms with Crippen molar-refractivity contribution in [3.63, 3.8) is 0 Å². The molecular weight excluding hydrogens is 516 g/mol. The Bertz CT molecular complexity index is 1120. The van der Waals surface area contributed by atoms with Crippen LogP contribution in [0.3, 0.4) is 0 Å². The summed E-state index contributed by atoms with van der Waals surface area (Å²) in [6, 6.07) is 10.6. The molecule has 218 valence electrons. The summed E-state index contributed by atoms with van der Waals surface area (Å²) in [6.07, 6.45) is 3.62. The maximum absolute atomic E-state index is 13.3. The molecule has 0 radical (unpaired) electrons. The molecule has 0 saturated carbocycles. The molecule has 1 aliphatic rings. The van der Waals surface area contributed by atoms with E-state index in [1.165, 1.54) is 19.4 Å². The van der Waals surface area contributed by atoms with Crippen molar-refractivity contribution in [2.24, 2.45) is 17.8 Å². The van der Waals surface area contributed by atoms with Crippen molar-refractivity contribution in [3.8, 4) is 11.5 Å². The third-order valence-electron chi connectivity index (χ3n) is 6.87. The molecule has 0 spiro atoms. The molecule has 40 heavy (non-hydrogen) atoms. The highest BCUT2D eigenvalue weighted by atomic mass is 16.7. The molecule has 3 rings (SSSR count). The van der Waals surface area contributed by atoms with E-state index >= 15 is 0 Å². The predicted octanol–water partition coefficient (Wildman–Crippen LogP) is 3.96. The number of methoxy groups -OCH3 is 1. The third kappa shape index (κ3) is 8.42. The molecule has 0 bridgehead atoms. The molecule has 2 heterocycles. The molecule has 1 fully saturated rings. The van der Waals surface area contributed by atoms with Crippen molar-refractivity contribution in [1.82, 2.24) is 10.3 Å². The molecule has 1 aromatic carbocycles. The lowest BCUT2D eigenvalue weighted by Crippen LogP contribution is -2.46. The van der Waals surface area contributed by atoms with E-state index in [2.05, 4.69) is 29.4 Å². The molecule has 10 nitrogen and oxygen atoms in total. The van der Waals surface area contributed by atoms with Gasteiger partial charge in [0, 0.05) is 24.8 Å². The van der Waals surface area contributed by atoms with Crippen LogP contribution in [0.5, 0.6) is 11.5 Å². The summed E-state index contributed by atoms with van der Waals surface area (Å²) in [5.74, 6) is -1.65. The van der Waals surface area contributed by atoms with Crippen molar-refractivity contribution < 1.29 is 38.1 Å². The first kappa shape index (κ1) is 30.9. The average Bonchev–Trinajstić information content (AvgIpc) is 2.99. The van der Waals surface area contributed by atoms with Crippen LogP contribution in [-0.4, -0.2) is 62.1 Å². The van der Waals surface area contributed by atoms with Crippen LogP contribution in [0.4, 0.5) is 0 Å². The van der Waals surface area contributed by atoms with E-state index in [1.807, 2.05) is 25.1 Å². The number of amides is 1. The summed E-state index contributed by atoms with van der Waals surface area (Å²) in [7, 11) is 1.41. The topological polar surface area (TPSA) is 122 Å². The van der Waals surface area contributed by atoms with Crippen molar-refractivity contribution in [2.45, 2.75) is 59.1 Å². The monoisotopic (exact) mass is 556 g/mol. The van der Waals surface area contributed by atoms with Crippen LogP contribution in [0.25, 0.3) is 0 Å². The van der Waals surface area contributed by atoms with Crippen LogP contribution in [0.15, 0.2) is 42.6 Å². The number of carbonyl (C=O) groups is 3. The van der Waals surface area contributed by atoms with E-state index in [9.17, 15) is 14.4 Å². The molecule has 4 atom stereocenters. The summed E-state index contributed by atoms with van der Waals surface area (Å²) in [4.78, 5) is 42.5. The van der Waals surface area contributed by atoms with Gasteiger partial charge in [0.05, 0.1) is 19.6 Å². The first-order chi connectivity index (χ1) is 19.2. The number of carbonyl (C=O) groups excluding carboxylic acids is 3. The quantitative estimate of drug-likeness (QED) is 0.324. The van der Waals surface area contributed by atoms with E-state index in [-0.39, 0.29) is 41.6 Å². The Morgan fingerprint density at radius 2 is 1.90 bits per heavy atom. The van der Waals surface area contributed by atoms with Gasteiger partial charge in [-0.2, -0.15) is 0 Å². The lowest BCUT2D eigenvalue weighted by atomic mass is 9.81. The highest BCUT2D eigenvalue weighted by molar-refractivity contribution is 5.98. The molecule has 1 saturated heterocycles. The normalized spacial score (nSPS) is 21.4. The number of aromatic nitrogens is 1. The molecule has 1 N–H and O–H groups in total. The molecule has 0 unspecified atom stereocenters. The van der Waals surface area contributed by atoms with E-state index in [1.54, 1.807) is 13.8 Å². The number of benzene rings is 1. The maximum atomic E-state index is 13.3. The van der Waals surface area contributed by atoms with Crippen LogP contribution in [0.2, 0.25) is 0 Å². The number of pyridine rings is 1. The van der Waals surface area contributed by atoms with Gasteiger partial charge in [0.2, 0.25) is 6.79 Å². The first-order valence-electron chi connectivity index (χ1n) is 13.7.